The number of alkyl halides is 4. The molecule has 2 nitrogen and oxygen atoms in total. The number of halogens is 4. The number of benzene rings is 1. The lowest BCUT2D eigenvalue weighted by atomic mass is 10.2. The summed E-state index contributed by atoms with van der Waals surface area (Å²) in [6.45, 7) is -0.505. The molecular weight excluding hydrogens is 287 g/mol. The smallest absolute Gasteiger partial charge is 0.404 e. The fraction of sp³-hybridized carbons (Fsp3) is 0.300. The topological polar surface area (TPSA) is 33.0 Å². The molecular formula is C10H7BrF3NO. The van der Waals surface area contributed by atoms with Crippen LogP contribution in [0.4, 0.5) is 13.2 Å². The van der Waals surface area contributed by atoms with Gasteiger partial charge in [-0.15, -0.1) is 0 Å². The second kappa shape index (κ2) is 5.21. The molecule has 0 aliphatic rings. The van der Waals surface area contributed by atoms with Gasteiger partial charge in [-0.05, 0) is 24.3 Å². The van der Waals surface area contributed by atoms with Crippen LogP contribution in [0.25, 0.3) is 0 Å². The molecule has 0 aromatic heterocycles. The van der Waals surface area contributed by atoms with Crippen molar-refractivity contribution in [2.75, 3.05) is 6.61 Å². The van der Waals surface area contributed by atoms with Crippen LogP contribution >= 0.6 is 15.9 Å². The first kappa shape index (κ1) is 12.8. The van der Waals surface area contributed by atoms with Crippen LogP contribution in [-0.4, -0.2) is 17.6 Å². The summed E-state index contributed by atoms with van der Waals surface area (Å²) in [6.07, 6.45) is -4.33. The molecule has 0 aliphatic carbocycles. The zero-order chi connectivity index (χ0) is 12.2. The summed E-state index contributed by atoms with van der Waals surface area (Å²) in [4.78, 5) is -1.70. The predicted molar refractivity (Wildman–Crippen MR) is 55.4 cm³/mol. The Morgan fingerprint density at radius 2 is 1.88 bits per heavy atom. The van der Waals surface area contributed by atoms with Gasteiger partial charge in [0.15, 0.2) is 0 Å². The standard InChI is InChI=1S/C10H7BrF3NO/c11-9(10(12,13)14)6-16-8-3-1-7(5-15)2-4-8/h1-4,9H,6H2. The summed E-state index contributed by atoms with van der Waals surface area (Å²) < 4.78 is 41.2. The molecule has 1 aromatic carbocycles. The molecule has 0 saturated carbocycles. The fourth-order valence-corrected chi connectivity index (χ4v) is 1.02. The minimum absolute atomic E-state index is 0.299. The second-order valence-corrected chi connectivity index (χ2v) is 4.06. The molecule has 0 bridgehead atoms. The SMILES string of the molecule is N#Cc1ccc(OCC(Br)C(F)(F)F)cc1. The summed E-state index contributed by atoms with van der Waals surface area (Å²) in [7, 11) is 0. The van der Waals surface area contributed by atoms with Gasteiger partial charge in [0.05, 0.1) is 11.6 Å². The average molecular weight is 294 g/mol. The van der Waals surface area contributed by atoms with Crippen LogP contribution in [0.3, 0.4) is 0 Å². The molecule has 0 spiro atoms. The van der Waals surface area contributed by atoms with Crippen molar-refractivity contribution in [2.24, 2.45) is 0 Å². The maximum Gasteiger partial charge on any atom is 0.404 e. The van der Waals surface area contributed by atoms with Crippen molar-refractivity contribution in [1.29, 1.82) is 5.26 Å². The van der Waals surface area contributed by atoms with E-state index < -0.39 is 17.6 Å². The van der Waals surface area contributed by atoms with Crippen molar-refractivity contribution in [3.05, 3.63) is 29.8 Å². The van der Waals surface area contributed by atoms with E-state index in [0.29, 0.717) is 11.3 Å². The van der Waals surface area contributed by atoms with E-state index >= 15 is 0 Å². The summed E-state index contributed by atoms with van der Waals surface area (Å²) in [5, 5.41) is 8.51. The van der Waals surface area contributed by atoms with E-state index in [2.05, 4.69) is 15.9 Å². The Morgan fingerprint density at radius 1 is 1.31 bits per heavy atom. The van der Waals surface area contributed by atoms with Crippen LogP contribution in [0.5, 0.6) is 5.75 Å². The maximum absolute atomic E-state index is 12.1. The highest BCUT2D eigenvalue weighted by Crippen LogP contribution is 2.27. The molecule has 86 valence electrons. The quantitative estimate of drug-likeness (QED) is 0.802. The highest BCUT2D eigenvalue weighted by Gasteiger charge is 2.38. The van der Waals surface area contributed by atoms with Crippen molar-refractivity contribution in [1.82, 2.24) is 0 Å². The number of rotatable bonds is 3. The minimum Gasteiger partial charge on any atom is -0.492 e. The Labute approximate surface area is 98.8 Å². The third kappa shape index (κ3) is 3.74. The first-order valence-corrected chi connectivity index (χ1v) is 5.19. The summed E-state index contributed by atoms with van der Waals surface area (Å²) >= 11 is 2.48. The average Bonchev–Trinajstić information content (AvgIpc) is 2.25. The molecule has 0 radical (unpaired) electrons. The van der Waals surface area contributed by atoms with E-state index in [-0.39, 0.29) is 0 Å². The lowest BCUT2D eigenvalue weighted by Crippen LogP contribution is -2.28. The summed E-state index contributed by atoms with van der Waals surface area (Å²) in [5.74, 6) is 0.299. The Balaban J connectivity index is 2.53. The van der Waals surface area contributed by atoms with Crippen LogP contribution in [0.2, 0.25) is 0 Å². The van der Waals surface area contributed by atoms with Crippen molar-refractivity contribution < 1.29 is 17.9 Å². The van der Waals surface area contributed by atoms with Gasteiger partial charge in [-0.3, -0.25) is 0 Å². The Hall–Kier alpha value is -1.22. The molecule has 0 aliphatic heterocycles. The molecule has 1 atom stereocenters. The monoisotopic (exact) mass is 293 g/mol. The number of ether oxygens (including phenoxy) is 1. The first-order chi connectivity index (χ1) is 7.43. The number of nitriles is 1. The normalized spacial score (nSPS) is 12.9. The minimum atomic E-state index is -4.33. The third-order valence-corrected chi connectivity index (χ3v) is 2.52. The van der Waals surface area contributed by atoms with Crippen molar-refractivity contribution in [2.45, 2.75) is 11.0 Å². The van der Waals surface area contributed by atoms with Gasteiger partial charge in [-0.25, -0.2) is 0 Å². The molecule has 16 heavy (non-hydrogen) atoms. The van der Waals surface area contributed by atoms with Crippen LogP contribution in [0.1, 0.15) is 5.56 Å². The summed E-state index contributed by atoms with van der Waals surface area (Å²) in [5.41, 5.74) is 0.429. The summed E-state index contributed by atoms with van der Waals surface area (Å²) in [6, 6.07) is 7.76. The van der Waals surface area contributed by atoms with Gasteiger partial charge in [0.1, 0.15) is 17.2 Å². The van der Waals surface area contributed by atoms with Gasteiger partial charge in [0, 0.05) is 0 Å². The van der Waals surface area contributed by atoms with Gasteiger partial charge < -0.3 is 4.74 Å². The maximum atomic E-state index is 12.1. The molecule has 0 heterocycles. The van der Waals surface area contributed by atoms with Gasteiger partial charge in [0.2, 0.25) is 0 Å². The van der Waals surface area contributed by atoms with E-state index in [1.54, 1.807) is 0 Å². The van der Waals surface area contributed by atoms with E-state index in [4.69, 9.17) is 10.00 Å². The number of hydrogen-bond donors (Lipinski definition) is 0. The molecule has 1 aromatic rings. The highest BCUT2D eigenvalue weighted by molar-refractivity contribution is 9.09. The van der Waals surface area contributed by atoms with Crippen molar-refractivity contribution >= 4 is 15.9 Å². The molecule has 1 unspecified atom stereocenters. The lowest BCUT2D eigenvalue weighted by molar-refractivity contribution is -0.132. The molecule has 0 fully saturated rings. The van der Waals surface area contributed by atoms with Gasteiger partial charge in [-0.2, -0.15) is 18.4 Å². The third-order valence-electron chi connectivity index (χ3n) is 1.73. The molecule has 0 amide bonds. The van der Waals surface area contributed by atoms with Crippen LogP contribution in [0.15, 0.2) is 24.3 Å². The Morgan fingerprint density at radius 3 is 2.31 bits per heavy atom. The molecule has 6 heteroatoms. The van der Waals surface area contributed by atoms with Crippen LogP contribution in [-0.2, 0) is 0 Å². The fourth-order valence-electron chi connectivity index (χ4n) is 0.890. The van der Waals surface area contributed by atoms with Gasteiger partial charge >= 0.3 is 6.18 Å². The Bertz CT molecular complexity index is 383. The predicted octanol–water partition coefficient (Wildman–Crippen LogP) is 3.26. The van der Waals surface area contributed by atoms with Crippen molar-refractivity contribution in [3.63, 3.8) is 0 Å². The zero-order valence-corrected chi connectivity index (χ0v) is 9.55. The van der Waals surface area contributed by atoms with Crippen LogP contribution < -0.4 is 4.74 Å². The largest absolute Gasteiger partial charge is 0.492 e. The number of nitrogens with zero attached hydrogens (tertiary/aromatic N) is 1. The van der Waals surface area contributed by atoms with Crippen molar-refractivity contribution in [3.8, 4) is 11.8 Å². The second-order valence-electron chi connectivity index (χ2n) is 2.96. The van der Waals surface area contributed by atoms with E-state index in [1.807, 2.05) is 6.07 Å². The molecule has 0 N–H and O–H groups in total. The molecule has 1 rings (SSSR count). The van der Waals surface area contributed by atoms with Gasteiger partial charge in [-0.1, -0.05) is 15.9 Å². The van der Waals surface area contributed by atoms with E-state index in [1.165, 1.54) is 24.3 Å². The van der Waals surface area contributed by atoms with E-state index in [0.717, 1.165) is 0 Å². The Kier molecular flexibility index (Phi) is 4.19. The first-order valence-electron chi connectivity index (χ1n) is 4.27. The lowest BCUT2D eigenvalue weighted by Gasteiger charge is -2.14. The van der Waals surface area contributed by atoms with Gasteiger partial charge in [0.25, 0.3) is 0 Å². The zero-order valence-electron chi connectivity index (χ0n) is 7.96. The molecule has 0 saturated heterocycles. The van der Waals surface area contributed by atoms with Crippen LogP contribution in [0, 0.1) is 11.3 Å². The highest BCUT2D eigenvalue weighted by atomic mass is 79.9. The van der Waals surface area contributed by atoms with E-state index in [9.17, 15) is 13.2 Å². The number of hydrogen-bond acceptors (Lipinski definition) is 2.